The van der Waals surface area contributed by atoms with Crippen molar-refractivity contribution < 1.29 is 8.78 Å². The molecule has 0 aromatic heterocycles. The zero-order valence-electron chi connectivity index (χ0n) is 10.3. The third kappa shape index (κ3) is 2.48. The molecule has 1 aliphatic heterocycles. The van der Waals surface area contributed by atoms with Crippen LogP contribution < -0.4 is 0 Å². The number of benzene rings is 1. The molecule has 1 aliphatic rings. The van der Waals surface area contributed by atoms with Gasteiger partial charge >= 0.3 is 0 Å². The summed E-state index contributed by atoms with van der Waals surface area (Å²) in [5.74, 6) is -2.83. The second-order valence-electron chi connectivity index (χ2n) is 4.78. The van der Waals surface area contributed by atoms with Gasteiger partial charge in [0.25, 0.3) is 5.92 Å². The number of hydrogen-bond donors (Lipinski definition) is 0. The lowest BCUT2D eigenvalue weighted by atomic mass is 9.97. The van der Waals surface area contributed by atoms with Crippen molar-refractivity contribution in [1.29, 1.82) is 0 Å². The van der Waals surface area contributed by atoms with Crippen molar-refractivity contribution in [3.05, 3.63) is 47.2 Å². The molecule has 1 aromatic carbocycles. The number of alkyl halides is 2. The number of hydrogen-bond acceptors (Lipinski definition) is 1. The van der Waals surface area contributed by atoms with Crippen LogP contribution in [-0.2, 0) is 13.0 Å². The number of nitrogens with zero attached hydrogens (tertiary/aromatic N) is 1. The number of fused-ring (bicyclic) bond motifs is 1. The predicted octanol–water partition coefficient (Wildman–Crippen LogP) is 3.52. The first kappa shape index (κ1) is 12.1. The lowest BCUT2D eigenvalue weighted by Crippen LogP contribution is -2.35. The highest BCUT2D eigenvalue weighted by molar-refractivity contribution is 5.34. The third-order valence-corrected chi connectivity index (χ3v) is 3.26. The normalized spacial score (nSPS) is 15.6. The maximum Gasteiger partial charge on any atom is 0.284 e. The number of rotatable bonds is 2. The van der Waals surface area contributed by atoms with Crippen molar-refractivity contribution in [3.63, 3.8) is 0 Å². The largest absolute Gasteiger partial charge is 0.366 e. The topological polar surface area (TPSA) is 3.24 Å². The van der Waals surface area contributed by atoms with Gasteiger partial charge in [0.2, 0.25) is 0 Å². The molecule has 1 heterocycles. The molecule has 0 spiro atoms. The van der Waals surface area contributed by atoms with Gasteiger partial charge in [-0.05, 0) is 24.5 Å². The van der Waals surface area contributed by atoms with Gasteiger partial charge < -0.3 is 4.90 Å². The predicted molar refractivity (Wildman–Crippen MR) is 65.1 cm³/mol. The van der Waals surface area contributed by atoms with Gasteiger partial charge in [-0.15, -0.1) is 0 Å². The molecule has 0 radical (unpaired) electrons. The Bertz CT molecular complexity index is 446. The van der Waals surface area contributed by atoms with Crippen LogP contribution in [0.2, 0.25) is 0 Å². The van der Waals surface area contributed by atoms with Crippen LogP contribution in [0, 0.1) is 6.92 Å². The molecule has 0 aliphatic carbocycles. The fourth-order valence-corrected chi connectivity index (χ4v) is 2.19. The van der Waals surface area contributed by atoms with Crippen LogP contribution in [0.3, 0.4) is 0 Å². The molecule has 17 heavy (non-hydrogen) atoms. The van der Waals surface area contributed by atoms with E-state index < -0.39 is 5.92 Å². The molecule has 0 fully saturated rings. The first-order chi connectivity index (χ1) is 7.88. The van der Waals surface area contributed by atoms with Crippen LogP contribution in [0.1, 0.15) is 23.6 Å². The Morgan fingerprint density at radius 2 is 2.06 bits per heavy atom. The van der Waals surface area contributed by atoms with Gasteiger partial charge in [0, 0.05) is 20.0 Å². The molecule has 2 rings (SSSR count). The highest BCUT2D eigenvalue weighted by Gasteiger charge is 2.31. The highest BCUT2D eigenvalue weighted by atomic mass is 19.3. The minimum atomic E-state index is -2.83. The minimum absolute atomic E-state index is 0.0790. The molecular formula is C14H17F2N. The maximum atomic E-state index is 13.2. The van der Waals surface area contributed by atoms with Gasteiger partial charge in [-0.1, -0.05) is 30.3 Å². The van der Waals surface area contributed by atoms with Gasteiger partial charge in [-0.2, -0.15) is 0 Å². The Labute approximate surface area is 101 Å². The fraction of sp³-hybridized carbons (Fsp3) is 0.429. The molecular weight excluding hydrogens is 220 g/mol. The monoisotopic (exact) mass is 237 g/mol. The maximum absolute atomic E-state index is 13.2. The molecule has 0 saturated heterocycles. The summed E-state index contributed by atoms with van der Waals surface area (Å²) in [6.07, 6.45) is 0.810. The van der Waals surface area contributed by atoms with Crippen molar-refractivity contribution in [2.24, 2.45) is 0 Å². The average Bonchev–Trinajstić information content (AvgIpc) is 2.25. The summed E-state index contributed by atoms with van der Waals surface area (Å²) in [7, 11) is 0. The van der Waals surface area contributed by atoms with E-state index >= 15 is 0 Å². The van der Waals surface area contributed by atoms with Crippen molar-refractivity contribution in [2.45, 2.75) is 32.7 Å². The summed E-state index contributed by atoms with van der Waals surface area (Å²) in [5.41, 5.74) is 3.49. The Morgan fingerprint density at radius 3 is 2.71 bits per heavy atom. The molecule has 0 saturated carbocycles. The second kappa shape index (κ2) is 4.13. The van der Waals surface area contributed by atoms with E-state index in [9.17, 15) is 8.78 Å². The third-order valence-electron chi connectivity index (χ3n) is 3.26. The molecule has 0 unspecified atom stereocenters. The van der Waals surface area contributed by atoms with E-state index in [4.69, 9.17) is 0 Å². The smallest absolute Gasteiger partial charge is 0.284 e. The van der Waals surface area contributed by atoms with Gasteiger partial charge in [0.05, 0.1) is 5.70 Å². The molecule has 0 amide bonds. The summed E-state index contributed by atoms with van der Waals surface area (Å²) in [5, 5.41) is 0. The van der Waals surface area contributed by atoms with Gasteiger partial charge in [-0.3, -0.25) is 0 Å². The lowest BCUT2D eigenvalue weighted by molar-refractivity contribution is 0.0278. The number of aryl methyl sites for hydroxylation is 1. The Kier molecular flexibility index (Phi) is 2.94. The summed E-state index contributed by atoms with van der Waals surface area (Å²) >= 11 is 0. The zero-order valence-corrected chi connectivity index (χ0v) is 10.3. The Hall–Kier alpha value is -1.38. The SMILES string of the molecule is C=C(N1CCc2ccc(C)cc2C1)C(C)(F)F. The van der Waals surface area contributed by atoms with Crippen molar-refractivity contribution >= 4 is 0 Å². The Morgan fingerprint density at radius 1 is 1.35 bits per heavy atom. The van der Waals surface area contributed by atoms with Crippen LogP contribution in [-0.4, -0.2) is 17.4 Å². The average molecular weight is 237 g/mol. The molecule has 0 bridgehead atoms. The van der Waals surface area contributed by atoms with E-state index in [0.717, 1.165) is 18.9 Å². The number of halogens is 2. The lowest BCUT2D eigenvalue weighted by Gasteiger charge is -2.34. The van der Waals surface area contributed by atoms with Crippen molar-refractivity contribution in [2.75, 3.05) is 6.54 Å². The number of allylic oxidation sites excluding steroid dienone is 1. The highest BCUT2D eigenvalue weighted by Crippen LogP contribution is 2.29. The molecule has 1 nitrogen and oxygen atoms in total. The van der Waals surface area contributed by atoms with Crippen LogP contribution in [0.5, 0.6) is 0 Å². The van der Waals surface area contributed by atoms with Crippen molar-refractivity contribution in [1.82, 2.24) is 4.90 Å². The van der Waals surface area contributed by atoms with Gasteiger partial charge in [-0.25, -0.2) is 8.78 Å². The summed E-state index contributed by atoms with van der Waals surface area (Å²) < 4.78 is 26.4. The molecule has 3 heteroatoms. The van der Waals surface area contributed by atoms with Crippen LogP contribution in [0.15, 0.2) is 30.5 Å². The van der Waals surface area contributed by atoms with E-state index in [1.54, 1.807) is 4.90 Å². The van der Waals surface area contributed by atoms with E-state index in [-0.39, 0.29) is 5.70 Å². The standard InChI is InChI=1S/C14H17F2N/c1-10-4-5-12-6-7-17(9-13(12)8-10)11(2)14(3,15)16/h4-5,8H,2,6-7,9H2,1,3H3. The van der Waals surface area contributed by atoms with E-state index in [2.05, 4.69) is 24.8 Å². The van der Waals surface area contributed by atoms with Crippen LogP contribution in [0.25, 0.3) is 0 Å². The van der Waals surface area contributed by atoms with Crippen molar-refractivity contribution in [3.8, 4) is 0 Å². The second-order valence-corrected chi connectivity index (χ2v) is 4.78. The summed E-state index contributed by atoms with van der Waals surface area (Å²) in [6.45, 7) is 7.61. The molecule has 1 aromatic rings. The summed E-state index contributed by atoms with van der Waals surface area (Å²) in [6, 6.07) is 6.23. The molecule has 0 atom stereocenters. The summed E-state index contributed by atoms with van der Waals surface area (Å²) in [4.78, 5) is 1.68. The Balaban J connectivity index is 2.21. The quantitative estimate of drug-likeness (QED) is 0.760. The van der Waals surface area contributed by atoms with E-state index in [0.29, 0.717) is 13.1 Å². The first-order valence-corrected chi connectivity index (χ1v) is 5.78. The van der Waals surface area contributed by atoms with Gasteiger partial charge in [0.15, 0.2) is 0 Å². The van der Waals surface area contributed by atoms with E-state index in [1.165, 1.54) is 11.1 Å². The zero-order chi connectivity index (χ0) is 12.6. The van der Waals surface area contributed by atoms with Gasteiger partial charge in [0.1, 0.15) is 0 Å². The molecule has 0 N–H and O–H groups in total. The van der Waals surface area contributed by atoms with Crippen LogP contribution in [0.4, 0.5) is 8.78 Å². The first-order valence-electron chi connectivity index (χ1n) is 5.78. The van der Waals surface area contributed by atoms with Crippen LogP contribution >= 0.6 is 0 Å². The minimum Gasteiger partial charge on any atom is -0.366 e. The fourth-order valence-electron chi connectivity index (χ4n) is 2.19. The van der Waals surface area contributed by atoms with E-state index in [1.807, 2.05) is 6.92 Å². The molecule has 92 valence electrons.